The first-order valence-electron chi connectivity index (χ1n) is 12.6. The minimum Gasteiger partial charge on any atom is -0.394 e. The lowest BCUT2D eigenvalue weighted by Gasteiger charge is -2.45. The van der Waals surface area contributed by atoms with Crippen LogP contribution in [0.25, 0.3) is 11.0 Å². The molecule has 2 aromatic heterocycles. The highest BCUT2D eigenvalue weighted by atomic mass is 35.5. The van der Waals surface area contributed by atoms with Crippen molar-refractivity contribution < 1.29 is 14.7 Å². The maximum Gasteiger partial charge on any atom is 0.265 e. The van der Waals surface area contributed by atoms with Gasteiger partial charge in [0.25, 0.3) is 11.5 Å². The van der Waals surface area contributed by atoms with Crippen LogP contribution in [0, 0.1) is 5.41 Å². The minimum atomic E-state index is -0.587. The molecule has 1 fully saturated rings. The molecule has 2 amide bonds. The van der Waals surface area contributed by atoms with Gasteiger partial charge in [-0.3, -0.25) is 19.0 Å². The van der Waals surface area contributed by atoms with Crippen molar-refractivity contribution >= 4 is 40.1 Å². The Morgan fingerprint density at radius 2 is 2.03 bits per heavy atom. The van der Waals surface area contributed by atoms with Gasteiger partial charge in [-0.15, -0.1) is 0 Å². The molecule has 0 aromatic carbocycles. The maximum atomic E-state index is 13.5. The van der Waals surface area contributed by atoms with Crippen LogP contribution in [-0.4, -0.2) is 63.7 Å². The van der Waals surface area contributed by atoms with Crippen LogP contribution in [0.5, 0.6) is 0 Å². The lowest BCUT2D eigenvalue weighted by molar-refractivity contribution is -0.142. The summed E-state index contributed by atoms with van der Waals surface area (Å²) in [4.78, 5) is 45.7. The summed E-state index contributed by atoms with van der Waals surface area (Å²) in [5.41, 5.74) is 1.24. The smallest absolute Gasteiger partial charge is 0.265 e. The molecule has 1 atom stereocenters. The fourth-order valence-corrected chi connectivity index (χ4v) is 4.32. The number of fused-ring (bicyclic) bond motifs is 1. The second-order valence-corrected chi connectivity index (χ2v) is 10.9. The summed E-state index contributed by atoms with van der Waals surface area (Å²) in [7, 11) is 0. The Morgan fingerprint density at radius 1 is 1.32 bits per heavy atom. The zero-order valence-corrected chi connectivity index (χ0v) is 23.1. The SMILES string of the molecule is C=CC(Cl)=CC=C(C)CCNC(=O)c1cc2c(NC(C)CO)ccnc2n(CC(=O)N2CC(C)(C)C2)c1=O. The van der Waals surface area contributed by atoms with Gasteiger partial charge < -0.3 is 20.6 Å². The van der Waals surface area contributed by atoms with E-state index in [1.165, 1.54) is 22.9 Å². The van der Waals surface area contributed by atoms with Crippen molar-refractivity contribution in [3.8, 4) is 0 Å². The van der Waals surface area contributed by atoms with Crippen molar-refractivity contribution in [1.82, 2.24) is 19.8 Å². The van der Waals surface area contributed by atoms with E-state index in [1.54, 1.807) is 24.0 Å². The molecule has 9 nitrogen and oxygen atoms in total. The maximum absolute atomic E-state index is 13.5. The molecule has 2 aromatic rings. The Hall–Kier alpha value is -3.43. The van der Waals surface area contributed by atoms with Crippen molar-refractivity contribution in [3.63, 3.8) is 0 Å². The average Bonchev–Trinajstić information content (AvgIpc) is 2.86. The standard InChI is InChI=1S/C28H36ClN5O4/c1-6-20(29)8-7-18(2)9-11-31-26(37)22-13-21-23(32-19(3)15-35)10-12-30-25(21)34(27(22)38)14-24(36)33-16-28(4,5)17-33/h6-8,10,12-13,19,35H,1,9,11,14-17H2,2-5H3,(H,30,32)(H,31,37). The third-order valence-electron chi connectivity index (χ3n) is 6.32. The molecule has 0 spiro atoms. The third kappa shape index (κ3) is 7.11. The highest BCUT2D eigenvalue weighted by Crippen LogP contribution is 2.29. The van der Waals surface area contributed by atoms with Crippen molar-refractivity contribution in [3.05, 3.63) is 69.7 Å². The molecule has 0 bridgehead atoms. The third-order valence-corrected chi connectivity index (χ3v) is 6.60. The fourth-order valence-electron chi connectivity index (χ4n) is 4.25. The predicted molar refractivity (Wildman–Crippen MR) is 151 cm³/mol. The molecule has 1 aliphatic heterocycles. The molecule has 0 aliphatic carbocycles. The second kappa shape index (κ2) is 12.4. The number of nitrogens with one attached hydrogen (secondary N) is 2. The first kappa shape index (κ1) is 29.1. The lowest BCUT2D eigenvalue weighted by Crippen LogP contribution is -2.56. The number of aliphatic hydroxyl groups is 1. The molecular weight excluding hydrogens is 506 g/mol. The van der Waals surface area contributed by atoms with E-state index in [1.807, 2.05) is 13.0 Å². The zero-order valence-electron chi connectivity index (χ0n) is 22.4. The number of carbonyl (C=O) groups is 2. The van der Waals surface area contributed by atoms with E-state index in [9.17, 15) is 19.5 Å². The Labute approximate surface area is 227 Å². The number of halogens is 1. The first-order chi connectivity index (χ1) is 18.0. The van der Waals surface area contributed by atoms with E-state index in [2.05, 4.69) is 36.0 Å². The quantitative estimate of drug-likeness (QED) is 0.375. The highest BCUT2D eigenvalue weighted by molar-refractivity contribution is 6.31. The van der Waals surface area contributed by atoms with Gasteiger partial charge in [0.15, 0.2) is 0 Å². The van der Waals surface area contributed by atoms with Crippen LogP contribution in [0.15, 0.2) is 58.5 Å². The largest absolute Gasteiger partial charge is 0.394 e. The molecule has 10 heteroatoms. The van der Waals surface area contributed by atoms with Gasteiger partial charge in [-0.2, -0.15) is 0 Å². The molecule has 204 valence electrons. The molecular formula is C28H36ClN5O4. The fraction of sp³-hybridized carbons (Fsp3) is 0.429. The van der Waals surface area contributed by atoms with Gasteiger partial charge >= 0.3 is 0 Å². The molecule has 1 aliphatic rings. The molecule has 1 saturated heterocycles. The van der Waals surface area contributed by atoms with Gasteiger partial charge in [-0.25, -0.2) is 4.98 Å². The Balaban J connectivity index is 1.93. The first-order valence-corrected chi connectivity index (χ1v) is 12.9. The normalized spacial score (nSPS) is 16.1. The molecule has 3 rings (SSSR count). The number of anilines is 1. The van der Waals surface area contributed by atoms with Gasteiger partial charge in [0, 0.05) is 48.0 Å². The summed E-state index contributed by atoms with van der Waals surface area (Å²) < 4.78 is 1.26. The Bertz CT molecular complexity index is 1340. The topological polar surface area (TPSA) is 117 Å². The summed E-state index contributed by atoms with van der Waals surface area (Å²) in [6.45, 7) is 12.6. The van der Waals surface area contributed by atoms with Gasteiger partial charge in [0.05, 0.1) is 6.61 Å². The number of hydrogen-bond donors (Lipinski definition) is 3. The molecule has 3 heterocycles. The Morgan fingerprint density at radius 3 is 2.66 bits per heavy atom. The zero-order chi connectivity index (χ0) is 28.0. The number of aliphatic hydroxyl groups excluding tert-OH is 1. The number of hydrogen-bond acceptors (Lipinski definition) is 6. The van der Waals surface area contributed by atoms with Crippen LogP contribution in [-0.2, 0) is 11.3 Å². The number of pyridine rings is 2. The predicted octanol–water partition coefficient (Wildman–Crippen LogP) is 3.43. The van der Waals surface area contributed by atoms with Gasteiger partial charge in [0.1, 0.15) is 17.8 Å². The summed E-state index contributed by atoms with van der Waals surface area (Å²) in [5, 5.41) is 16.5. The van der Waals surface area contributed by atoms with Gasteiger partial charge in [0.2, 0.25) is 5.91 Å². The van der Waals surface area contributed by atoms with Crippen LogP contribution in [0.2, 0.25) is 0 Å². The van der Waals surface area contributed by atoms with Crippen molar-refractivity contribution in [2.24, 2.45) is 5.41 Å². The van der Waals surface area contributed by atoms with Crippen LogP contribution in [0.3, 0.4) is 0 Å². The number of carbonyl (C=O) groups excluding carboxylic acids is 2. The lowest BCUT2D eigenvalue weighted by atomic mass is 9.84. The Kier molecular flexibility index (Phi) is 9.51. The number of allylic oxidation sites excluding steroid dienone is 4. The van der Waals surface area contributed by atoms with E-state index in [0.717, 1.165) is 5.57 Å². The summed E-state index contributed by atoms with van der Waals surface area (Å²) in [6.07, 6.45) is 7.18. The second-order valence-electron chi connectivity index (χ2n) is 10.5. The number of aromatic nitrogens is 2. The van der Waals surface area contributed by atoms with E-state index < -0.39 is 11.5 Å². The molecule has 38 heavy (non-hydrogen) atoms. The number of likely N-dealkylation sites (tertiary alicyclic amines) is 1. The summed E-state index contributed by atoms with van der Waals surface area (Å²) in [5.74, 6) is -0.748. The van der Waals surface area contributed by atoms with E-state index in [-0.39, 0.29) is 36.1 Å². The number of amides is 2. The van der Waals surface area contributed by atoms with E-state index in [0.29, 0.717) is 47.8 Å². The van der Waals surface area contributed by atoms with E-state index >= 15 is 0 Å². The van der Waals surface area contributed by atoms with Crippen LogP contribution in [0.1, 0.15) is 44.5 Å². The minimum absolute atomic E-state index is 0.0413. The van der Waals surface area contributed by atoms with Crippen LogP contribution in [0.4, 0.5) is 5.69 Å². The molecule has 0 radical (unpaired) electrons. The van der Waals surface area contributed by atoms with Crippen LogP contribution < -0.4 is 16.2 Å². The molecule has 1 unspecified atom stereocenters. The number of nitrogens with zero attached hydrogens (tertiary/aromatic N) is 3. The summed E-state index contributed by atoms with van der Waals surface area (Å²) in [6, 6.07) is 2.93. The average molecular weight is 542 g/mol. The van der Waals surface area contributed by atoms with Crippen molar-refractivity contribution in [1.29, 1.82) is 0 Å². The summed E-state index contributed by atoms with van der Waals surface area (Å²) >= 11 is 5.93. The number of rotatable bonds is 11. The highest BCUT2D eigenvalue weighted by Gasteiger charge is 2.37. The van der Waals surface area contributed by atoms with Crippen LogP contribution >= 0.6 is 11.6 Å². The van der Waals surface area contributed by atoms with Crippen molar-refractivity contribution in [2.75, 3.05) is 31.6 Å². The molecule has 0 saturated carbocycles. The molecule has 3 N–H and O–H groups in total. The van der Waals surface area contributed by atoms with Gasteiger partial charge in [-0.05, 0) is 43.9 Å². The van der Waals surface area contributed by atoms with Crippen molar-refractivity contribution in [2.45, 2.75) is 46.7 Å². The monoisotopic (exact) mass is 541 g/mol. The van der Waals surface area contributed by atoms with E-state index in [4.69, 9.17) is 11.6 Å². The van der Waals surface area contributed by atoms with Gasteiger partial charge in [-0.1, -0.05) is 49.8 Å².